The summed E-state index contributed by atoms with van der Waals surface area (Å²) >= 11 is 6.46. The van der Waals surface area contributed by atoms with E-state index in [1.165, 1.54) is 0 Å². The predicted octanol–water partition coefficient (Wildman–Crippen LogP) is 3.50. The molecule has 102 valence electrons. The third-order valence-electron chi connectivity index (χ3n) is 3.67. The molecule has 3 heteroatoms. The van der Waals surface area contributed by atoms with Gasteiger partial charge in [0.25, 0.3) is 5.91 Å². The number of alkyl halides is 1. The Hall–Kier alpha value is -1.80. The molecule has 0 bridgehead atoms. The quantitative estimate of drug-likeness (QED) is 0.859. The van der Waals surface area contributed by atoms with Crippen LogP contribution >= 0.6 is 11.6 Å². The van der Waals surface area contributed by atoms with Crippen LogP contribution in [0.25, 0.3) is 0 Å². The lowest BCUT2D eigenvalue weighted by Crippen LogP contribution is -2.31. The number of nitrogens with one attached hydrogen (secondary N) is 1. The summed E-state index contributed by atoms with van der Waals surface area (Å²) in [7, 11) is 0. The largest absolute Gasteiger partial charge is 0.352 e. The predicted molar refractivity (Wildman–Crippen MR) is 81.2 cm³/mol. The standard InChI is InChI=1S/C17H16ClNO/c18-16(14-4-2-1-3-5-14)11-12-6-7-13-8-9-19-17(20)15(13)10-12/h1-7,10,16H,8-9,11H2,(H,19,20). The van der Waals surface area contributed by atoms with Crippen LogP contribution in [0.4, 0.5) is 0 Å². The molecule has 0 saturated carbocycles. The van der Waals surface area contributed by atoms with Gasteiger partial charge in [-0.1, -0.05) is 42.5 Å². The first kappa shape index (κ1) is 13.2. The minimum absolute atomic E-state index is 0.0268. The average Bonchev–Trinajstić information content (AvgIpc) is 2.49. The summed E-state index contributed by atoms with van der Waals surface area (Å²) in [4.78, 5) is 11.8. The highest BCUT2D eigenvalue weighted by molar-refractivity contribution is 6.20. The lowest BCUT2D eigenvalue weighted by molar-refractivity contribution is 0.0946. The monoisotopic (exact) mass is 285 g/mol. The third kappa shape index (κ3) is 2.70. The summed E-state index contributed by atoms with van der Waals surface area (Å²) in [5.41, 5.74) is 4.13. The summed E-state index contributed by atoms with van der Waals surface area (Å²) in [5.74, 6) is 0.0268. The van der Waals surface area contributed by atoms with Gasteiger partial charge in [0.15, 0.2) is 0 Å². The molecule has 1 unspecified atom stereocenters. The Morgan fingerprint density at radius 3 is 2.75 bits per heavy atom. The number of carbonyl (C=O) groups is 1. The van der Waals surface area contributed by atoms with Crippen molar-refractivity contribution in [1.29, 1.82) is 0 Å². The van der Waals surface area contributed by atoms with E-state index >= 15 is 0 Å². The number of amides is 1. The van der Waals surface area contributed by atoms with E-state index in [1.807, 2.05) is 36.4 Å². The zero-order valence-corrected chi connectivity index (χ0v) is 11.9. The van der Waals surface area contributed by atoms with Gasteiger partial charge in [-0.15, -0.1) is 11.6 Å². The van der Waals surface area contributed by atoms with Crippen LogP contribution in [0.1, 0.15) is 32.4 Å². The Morgan fingerprint density at radius 2 is 1.95 bits per heavy atom. The fraction of sp³-hybridized carbons (Fsp3) is 0.235. The van der Waals surface area contributed by atoms with Crippen molar-refractivity contribution in [1.82, 2.24) is 5.32 Å². The fourth-order valence-corrected chi connectivity index (χ4v) is 2.90. The van der Waals surface area contributed by atoms with Crippen LogP contribution in [0.5, 0.6) is 0 Å². The van der Waals surface area contributed by atoms with Crippen molar-refractivity contribution in [3.05, 3.63) is 70.8 Å². The van der Waals surface area contributed by atoms with E-state index in [-0.39, 0.29) is 11.3 Å². The van der Waals surface area contributed by atoms with Crippen molar-refractivity contribution < 1.29 is 4.79 Å². The van der Waals surface area contributed by atoms with E-state index < -0.39 is 0 Å². The van der Waals surface area contributed by atoms with Crippen LogP contribution in [0, 0.1) is 0 Å². The molecule has 0 saturated heterocycles. The number of carbonyl (C=O) groups excluding carboxylic acids is 1. The first-order valence-corrected chi connectivity index (χ1v) is 7.27. The van der Waals surface area contributed by atoms with Crippen LogP contribution in [-0.2, 0) is 12.8 Å². The Kier molecular flexibility index (Phi) is 3.75. The molecule has 3 rings (SSSR count). The summed E-state index contributed by atoms with van der Waals surface area (Å²) in [6.45, 7) is 0.729. The van der Waals surface area contributed by atoms with Gasteiger partial charge in [-0.05, 0) is 35.6 Å². The van der Waals surface area contributed by atoms with Crippen LogP contribution in [0.3, 0.4) is 0 Å². The van der Waals surface area contributed by atoms with Gasteiger partial charge in [0.1, 0.15) is 0 Å². The zero-order chi connectivity index (χ0) is 13.9. The molecule has 0 aliphatic carbocycles. The molecule has 2 nitrogen and oxygen atoms in total. The average molecular weight is 286 g/mol. The molecule has 0 spiro atoms. The van der Waals surface area contributed by atoms with Crippen LogP contribution in [0.15, 0.2) is 48.5 Å². The van der Waals surface area contributed by atoms with Crippen molar-refractivity contribution in [2.75, 3.05) is 6.54 Å². The second-order valence-electron chi connectivity index (χ2n) is 5.08. The molecule has 2 aromatic carbocycles. The van der Waals surface area contributed by atoms with Gasteiger partial charge in [0.2, 0.25) is 0 Å². The number of benzene rings is 2. The lowest BCUT2D eigenvalue weighted by Gasteiger charge is -2.18. The van der Waals surface area contributed by atoms with Crippen molar-refractivity contribution in [2.24, 2.45) is 0 Å². The molecule has 0 radical (unpaired) electrons. The molecule has 1 aliphatic rings. The molecule has 0 aromatic heterocycles. The van der Waals surface area contributed by atoms with Crippen molar-refractivity contribution >= 4 is 17.5 Å². The highest BCUT2D eigenvalue weighted by atomic mass is 35.5. The van der Waals surface area contributed by atoms with Gasteiger partial charge in [-0.2, -0.15) is 0 Å². The molecule has 0 fully saturated rings. The van der Waals surface area contributed by atoms with Crippen LogP contribution in [0.2, 0.25) is 0 Å². The maximum Gasteiger partial charge on any atom is 0.251 e. The van der Waals surface area contributed by atoms with Gasteiger partial charge < -0.3 is 5.32 Å². The highest BCUT2D eigenvalue weighted by Crippen LogP contribution is 2.26. The summed E-state index contributed by atoms with van der Waals surface area (Å²) in [6, 6.07) is 16.1. The SMILES string of the molecule is O=C1NCCc2ccc(CC(Cl)c3ccccc3)cc21. The Labute approximate surface area is 123 Å². The summed E-state index contributed by atoms with van der Waals surface area (Å²) in [6.07, 6.45) is 1.64. The number of rotatable bonds is 3. The highest BCUT2D eigenvalue weighted by Gasteiger charge is 2.17. The van der Waals surface area contributed by atoms with Crippen molar-refractivity contribution in [2.45, 2.75) is 18.2 Å². The number of halogens is 1. The van der Waals surface area contributed by atoms with E-state index in [1.54, 1.807) is 0 Å². The molecule has 1 aliphatic heterocycles. The topological polar surface area (TPSA) is 29.1 Å². The minimum Gasteiger partial charge on any atom is -0.352 e. The van der Waals surface area contributed by atoms with E-state index in [0.29, 0.717) is 0 Å². The second kappa shape index (κ2) is 5.68. The molecular weight excluding hydrogens is 270 g/mol. The summed E-state index contributed by atoms with van der Waals surface area (Å²) < 4.78 is 0. The fourth-order valence-electron chi connectivity index (χ4n) is 2.57. The number of hydrogen-bond donors (Lipinski definition) is 1. The lowest BCUT2D eigenvalue weighted by atomic mass is 9.95. The number of hydrogen-bond acceptors (Lipinski definition) is 1. The first-order chi connectivity index (χ1) is 9.74. The van der Waals surface area contributed by atoms with Crippen molar-refractivity contribution in [3.8, 4) is 0 Å². The van der Waals surface area contributed by atoms with E-state index in [0.717, 1.165) is 41.6 Å². The van der Waals surface area contributed by atoms with Gasteiger partial charge in [0, 0.05) is 12.1 Å². The molecule has 20 heavy (non-hydrogen) atoms. The van der Waals surface area contributed by atoms with E-state index in [9.17, 15) is 4.79 Å². The van der Waals surface area contributed by atoms with Gasteiger partial charge in [-0.25, -0.2) is 0 Å². The smallest absolute Gasteiger partial charge is 0.251 e. The molecular formula is C17H16ClNO. The number of fused-ring (bicyclic) bond motifs is 1. The molecule has 1 amide bonds. The van der Waals surface area contributed by atoms with Crippen molar-refractivity contribution in [3.63, 3.8) is 0 Å². The molecule has 1 N–H and O–H groups in total. The second-order valence-corrected chi connectivity index (χ2v) is 5.61. The normalized spacial score (nSPS) is 15.3. The maximum absolute atomic E-state index is 11.8. The minimum atomic E-state index is -0.0686. The molecule has 1 heterocycles. The van der Waals surface area contributed by atoms with E-state index in [4.69, 9.17) is 11.6 Å². The van der Waals surface area contributed by atoms with Crippen LogP contribution < -0.4 is 5.32 Å². The Balaban J connectivity index is 1.81. The van der Waals surface area contributed by atoms with Gasteiger partial charge >= 0.3 is 0 Å². The zero-order valence-electron chi connectivity index (χ0n) is 11.1. The third-order valence-corrected chi connectivity index (χ3v) is 4.08. The Morgan fingerprint density at radius 1 is 1.15 bits per heavy atom. The molecule has 1 atom stereocenters. The maximum atomic E-state index is 11.8. The molecule has 2 aromatic rings. The summed E-state index contributed by atoms with van der Waals surface area (Å²) in [5, 5.41) is 2.81. The van der Waals surface area contributed by atoms with E-state index in [2.05, 4.69) is 17.4 Å². The first-order valence-electron chi connectivity index (χ1n) is 6.83. The van der Waals surface area contributed by atoms with Gasteiger partial charge in [0.05, 0.1) is 5.38 Å². The van der Waals surface area contributed by atoms with Gasteiger partial charge in [-0.3, -0.25) is 4.79 Å². The Bertz CT molecular complexity index is 624. The van der Waals surface area contributed by atoms with Crippen LogP contribution in [-0.4, -0.2) is 12.5 Å².